The number of benzene rings is 1. The van der Waals surface area contributed by atoms with Crippen molar-refractivity contribution in [2.45, 2.75) is 19.5 Å². The molecule has 1 heterocycles. The summed E-state index contributed by atoms with van der Waals surface area (Å²) in [5.74, 6) is -0.197. The summed E-state index contributed by atoms with van der Waals surface area (Å²) in [6.07, 6.45) is 3.96. The van der Waals surface area contributed by atoms with Gasteiger partial charge in [-0.1, -0.05) is 12.1 Å². The minimum atomic E-state index is -0.197. The summed E-state index contributed by atoms with van der Waals surface area (Å²) >= 11 is 0. The van der Waals surface area contributed by atoms with Crippen LogP contribution in [0.25, 0.3) is 0 Å². The molecule has 84 valence electrons. The van der Waals surface area contributed by atoms with Crippen molar-refractivity contribution < 1.29 is 4.39 Å². The predicted molar refractivity (Wildman–Crippen MR) is 62.5 cm³/mol. The first-order valence-corrected chi connectivity index (χ1v) is 5.31. The van der Waals surface area contributed by atoms with Gasteiger partial charge in [0.1, 0.15) is 5.82 Å². The van der Waals surface area contributed by atoms with E-state index in [9.17, 15) is 4.39 Å². The van der Waals surface area contributed by atoms with Crippen molar-refractivity contribution in [2.24, 2.45) is 5.73 Å². The highest BCUT2D eigenvalue weighted by molar-refractivity contribution is 5.19. The van der Waals surface area contributed by atoms with Crippen LogP contribution in [0.15, 0.2) is 42.7 Å². The van der Waals surface area contributed by atoms with Gasteiger partial charge in [-0.2, -0.15) is 0 Å². The Hall–Kier alpha value is -1.61. The van der Waals surface area contributed by atoms with E-state index in [0.29, 0.717) is 6.54 Å². The smallest absolute Gasteiger partial charge is 0.123 e. The molecule has 1 aromatic carbocycles. The minimum absolute atomic E-state index is 0.0359. The number of nitrogens with zero attached hydrogens (tertiary/aromatic N) is 1. The second-order valence-corrected chi connectivity index (χ2v) is 4.04. The lowest BCUT2D eigenvalue weighted by Crippen LogP contribution is -2.04. The summed E-state index contributed by atoms with van der Waals surface area (Å²) in [7, 11) is 0. The summed E-state index contributed by atoms with van der Waals surface area (Å²) in [5.41, 5.74) is 7.82. The molecule has 2 N–H and O–H groups in total. The molecule has 1 atom stereocenters. The van der Waals surface area contributed by atoms with Crippen LogP contribution in [0, 0.1) is 5.82 Å². The molecule has 2 rings (SSSR count). The molecule has 1 aromatic heterocycles. The fraction of sp³-hybridized carbons (Fsp3) is 0.231. The van der Waals surface area contributed by atoms with Gasteiger partial charge in [-0.25, -0.2) is 4.39 Å². The largest absolute Gasteiger partial charge is 0.350 e. The maximum absolute atomic E-state index is 13.0. The van der Waals surface area contributed by atoms with E-state index in [4.69, 9.17) is 5.73 Å². The zero-order valence-electron chi connectivity index (χ0n) is 9.23. The Morgan fingerprint density at radius 1 is 1.38 bits per heavy atom. The standard InChI is InChI=1S/C13H15FN2/c1-10(15)12-5-6-16(9-12)8-11-3-2-4-13(14)7-11/h2-7,9-10H,8,15H2,1H3. The van der Waals surface area contributed by atoms with Crippen molar-refractivity contribution in [3.63, 3.8) is 0 Å². The van der Waals surface area contributed by atoms with Gasteiger partial charge in [0, 0.05) is 25.0 Å². The Kier molecular flexibility index (Phi) is 3.06. The third-order valence-corrected chi connectivity index (χ3v) is 2.55. The van der Waals surface area contributed by atoms with Crippen LogP contribution in [0.5, 0.6) is 0 Å². The molecule has 3 heteroatoms. The summed E-state index contributed by atoms with van der Waals surface area (Å²) in [6, 6.07) is 8.66. The van der Waals surface area contributed by atoms with Crippen LogP contribution < -0.4 is 5.73 Å². The topological polar surface area (TPSA) is 30.9 Å². The maximum atomic E-state index is 13.0. The van der Waals surface area contributed by atoms with Gasteiger partial charge < -0.3 is 10.3 Å². The quantitative estimate of drug-likeness (QED) is 0.843. The van der Waals surface area contributed by atoms with Crippen LogP contribution in [0.4, 0.5) is 4.39 Å². The van der Waals surface area contributed by atoms with Gasteiger partial charge in [0.2, 0.25) is 0 Å². The van der Waals surface area contributed by atoms with Gasteiger partial charge in [-0.05, 0) is 36.2 Å². The Morgan fingerprint density at radius 2 is 2.19 bits per heavy atom. The summed E-state index contributed by atoms with van der Waals surface area (Å²) in [4.78, 5) is 0. The van der Waals surface area contributed by atoms with Crippen molar-refractivity contribution >= 4 is 0 Å². The lowest BCUT2D eigenvalue weighted by Gasteiger charge is -2.04. The van der Waals surface area contributed by atoms with Gasteiger partial charge in [-0.15, -0.1) is 0 Å². The number of hydrogen-bond donors (Lipinski definition) is 1. The third-order valence-electron chi connectivity index (χ3n) is 2.55. The second-order valence-electron chi connectivity index (χ2n) is 4.04. The van der Waals surface area contributed by atoms with Gasteiger partial charge in [-0.3, -0.25) is 0 Å². The van der Waals surface area contributed by atoms with E-state index in [1.54, 1.807) is 12.1 Å². The molecule has 0 aliphatic rings. The first kappa shape index (κ1) is 10.9. The van der Waals surface area contributed by atoms with Gasteiger partial charge in [0.15, 0.2) is 0 Å². The molecule has 2 aromatic rings. The molecule has 2 nitrogen and oxygen atoms in total. The van der Waals surface area contributed by atoms with Crippen LogP contribution in [0.2, 0.25) is 0 Å². The molecule has 0 saturated heterocycles. The molecule has 0 aliphatic heterocycles. The van der Waals surface area contributed by atoms with Gasteiger partial charge in [0.25, 0.3) is 0 Å². The number of aromatic nitrogens is 1. The molecule has 0 bridgehead atoms. The highest BCUT2D eigenvalue weighted by Gasteiger charge is 2.02. The summed E-state index contributed by atoms with van der Waals surface area (Å²) in [5, 5.41) is 0. The average Bonchev–Trinajstić information content (AvgIpc) is 2.66. The zero-order chi connectivity index (χ0) is 11.5. The number of nitrogens with two attached hydrogens (primary N) is 1. The molecular formula is C13H15FN2. The van der Waals surface area contributed by atoms with E-state index in [0.717, 1.165) is 11.1 Å². The van der Waals surface area contributed by atoms with Crippen LogP contribution in [-0.4, -0.2) is 4.57 Å². The molecule has 16 heavy (non-hydrogen) atoms. The molecule has 0 spiro atoms. The summed E-state index contributed by atoms with van der Waals surface area (Å²) in [6.45, 7) is 2.62. The average molecular weight is 218 g/mol. The Balaban J connectivity index is 2.14. The molecule has 0 aliphatic carbocycles. The Bertz CT molecular complexity index is 474. The summed E-state index contributed by atoms with van der Waals surface area (Å²) < 4.78 is 15.0. The van der Waals surface area contributed by atoms with Crippen molar-refractivity contribution in [3.05, 3.63) is 59.7 Å². The van der Waals surface area contributed by atoms with Crippen molar-refractivity contribution in [1.29, 1.82) is 0 Å². The number of rotatable bonds is 3. The normalized spacial score (nSPS) is 12.7. The fourth-order valence-corrected chi connectivity index (χ4v) is 1.67. The van der Waals surface area contributed by atoms with Crippen molar-refractivity contribution in [1.82, 2.24) is 4.57 Å². The van der Waals surface area contributed by atoms with E-state index < -0.39 is 0 Å². The highest BCUT2D eigenvalue weighted by Crippen LogP contribution is 2.12. The van der Waals surface area contributed by atoms with E-state index in [2.05, 4.69) is 0 Å². The highest BCUT2D eigenvalue weighted by atomic mass is 19.1. The second kappa shape index (κ2) is 4.49. The molecular weight excluding hydrogens is 203 g/mol. The first-order chi connectivity index (χ1) is 7.65. The van der Waals surface area contributed by atoms with Crippen molar-refractivity contribution in [3.8, 4) is 0 Å². The maximum Gasteiger partial charge on any atom is 0.123 e. The predicted octanol–water partition coefficient (Wildman–Crippen LogP) is 2.70. The van der Waals surface area contributed by atoms with Crippen LogP contribution in [0.1, 0.15) is 24.1 Å². The van der Waals surface area contributed by atoms with Crippen molar-refractivity contribution in [2.75, 3.05) is 0 Å². The number of halogens is 1. The SMILES string of the molecule is CC(N)c1ccn(Cc2cccc(F)c2)c1. The molecule has 1 unspecified atom stereocenters. The zero-order valence-corrected chi connectivity index (χ0v) is 9.23. The monoisotopic (exact) mass is 218 g/mol. The van der Waals surface area contributed by atoms with E-state index in [-0.39, 0.29) is 11.9 Å². The molecule has 0 saturated carbocycles. The number of hydrogen-bond acceptors (Lipinski definition) is 1. The van der Waals surface area contributed by atoms with E-state index >= 15 is 0 Å². The fourth-order valence-electron chi connectivity index (χ4n) is 1.67. The third kappa shape index (κ3) is 2.49. The van der Waals surface area contributed by atoms with Crippen LogP contribution in [0.3, 0.4) is 0 Å². The van der Waals surface area contributed by atoms with Crippen LogP contribution in [-0.2, 0) is 6.54 Å². The van der Waals surface area contributed by atoms with Crippen LogP contribution >= 0.6 is 0 Å². The first-order valence-electron chi connectivity index (χ1n) is 5.31. The molecule has 0 amide bonds. The Labute approximate surface area is 94.5 Å². The van der Waals surface area contributed by atoms with E-state index in [1.165, 1.54) is 6.07 Å². The molecule has 0 radical (unpaired) electrons. The lowest BCUT2D eigenvalue weighted by atomic mass is 10.2. The Morgan fingerprint density at radius 3 is 2.81 bits per heavy atom. The lowest BCUT2D eigenvalue weighted by molar-refractivity contribution is 0.623. The van der Waals surface area contributed by atoms with E-state index in [1.807, 2.05) is 36.0 Å². The molecule has 0 fully saturated rings. The van der Waals surface area contributed by atoms with Gasteiger partial charge in [0.05, 0.1) is 0 Å². The van der Waals surface area contributed by atoms with Gasteiger partial charge >= 0.3 is 0 Å². The minimum Gasteiger partial charge on any atom is -0.350 e.